The van der Waals surface area contributed by atoms with Gasteiger partial charge in [0.2, 0.25) is 0 Å². The largest absolute Gasteiger partial charge is 0.469 e. The number of aliphatic hydroxyl groups is 2. The zero-order valence-corrected chi connectivity index (χ0v) is 20.5. The van der Waals surface area contributed by atoms with E-state index in [0.717, 1.165) is 25.0 Å². The van der Waals surface area contributed by atoms with E-state index in [4.69, 9.17) is 14.5 Å². The Labute approximate surface area is 195 Å². The van der Waals surface area contributed by atoms with Crippen molar-refractivity contribution in [2.75, 3.05) is 30.3 Å². The summed E-state index contributed by atoms with van der Waals surface area (Å²) in [5.41, 5.74) is 0.759. The first-order valence-electron chi connectivity index (χ1n) is 10.9. The number of nitrogens with zero attached hydrogens (tertiary/aromatic N) is 6. The van der Waals surface area contributed by atoms with E-state index < -0.39 is 39.0 Å². The molecule has 3 rings (SSSR count). The summed E-state index contributed by atoms with van der Waals surface area (Å²) in [5, 5.41) is 29.7. The lowest BCUT2D eigenvalue weighted by Gasteiger charge is -2.20. The van der Waals surface area contributed by atoms with Gasteiger partial charge in [-0.15, -0.1) is 5.10 Å². The molecule has 15 heteroatoms. The van der Waals surface area contributed by atoms with Crippen molar-refractivity contribution in [3.05, 3.63) is 0 Å². The Balaban J connectivity index is 1.94. The first-order valence-corrected chi connectivity index (χ1v) is 13.4. The monoisotopic (exact) mass is 506 g/mol. The lowest BCUT2D eigenvalue weighted by molar-refractivity contribution is -0.0567. The summed E-state index contributed by atoms with van der Waals surface area (Å²) < 4.78 is 22.4. The van der Waals surface area contributed by atoms with Crippen LogP contribution < -0.4 is 4.90 Å². The summed E-state index contributed by atoms with van der Waals surface area (Å²) >= 11 is 1.52. The molecule has 1 saturated heterocycles. The first-order chi connectivity index (χ1) is 15.7. The minimum Gasteiger partial charge on any atom is -0.387 e. The molecule has 0 radical (unpaired) electrons. The van der Waals surface area contributed by atoms with Gasteiger partial charge in [0.25, 0.3) is 0 Å². The highest BCUT2D eigenvalue weighted by atomic mass is 32.2. The predicted molar refractivity (Wildman–Crippen MR) is 121 cm³/mol. The normalized spacial score (nSPS) is 23.5. The SMILES string of the molecule is CCCCCSc1nc(N(CC)CC)c2nnn([C@@H]3O[C@H](COP(=O)(O)O)[C@@H](O)[C@H]3O)c2n1. The van der Waals surface area contributed by atoms with Crippen LogP contribution in [-0.2, 0) is 13.8 Å². The second kappa shape index (κ2) is 11.4. The Morgan fingerprint density at radius 3 is 2.52 bits per heavy atom. The standard InChI is InChI=1S/C18H31N6O7PS/c1-4-7-8-9-33-18-19-15(23(5-2)6-3)12-16(20-18)24(22-21-12)17-14(26)13(25)11(31-17)10-30-32(27,28)29/h11,13-14,17,25-26H,4-10H2,1-3H3,(H2,27,28,29)/t11-,13-,14-,17-/m1/s1. The number of aromatic nitrogens is 5. The highest BCUT2D eigenvalue weighted by Crippen LogP contribution is 2.39. The molecule has 1 fully saturated rings. The smallest absolute Gasteiger partial charge is 0.387 e. The molecule has 186 valence electrons. The van der Waals surface area contributed by atoms with E-state index in [1.807, 2.05) is 18.7 Å². The molecule has 1 aliphatic heterocycles. The number of hydrogen-bond donors (Lipinski definition) is 4. The maximum absolute atomic E-state index is 11.0. The van der Waals surface area contributed by atoms with E-state index in [1.165, 1.54) is 16.4 Å². The fraction of sp³-hybridized carbons (Fsp3) is 0.778. The van der Waals surface area contributed by atoms with Crippen LogP contribution in [0, 0.1) is 0 Å². The van der Waals surface area contributed by atoms with Gasteiger partial charge in [0.15, 0.2) is 28.4 Å². The lowest BCUT2D eigenvalue weighted by atomic mass is 10.1. The van der Waals surface area contributed by atoms with Crippen LogP contribution in [-0.4, -0.2) is 88.7 Å². The molecule has 33 heavy (non-hydrogen) atoms. The summed E-state index contributed by atoms with van der Waals surface area (Å²) in [4.78, 5) is 29.2. The number of hydrogen-bond acceptors (Lipinski definition) is 11. The van der Waals surface area contributed by atoms with Crippen LogP contribution >= 0.6 is 19.6 Å². The first kappa shape index (κ1) is 26.2. The number of rotatable bonds is 12. The zero-order chi connectivity index (χ0) is 24.2. The van der Waals surface area contributed by atoms with Crippen LogP contribution in [0.1, 0.15) is 46.3 Å². The Morgan fingerprint density at radius 2 is 1.88 bits per heavy atom. The number of aliphatic hydroxyl groups excluding tert-OH is 2. The molecule has 3 heterocycles. The van der Waals surface area contributed by atoms with Gasteiger partial charge in [-0.1, -0.05) is 36.7 Å². The number of phosphoric ester groups is 1. The zero-order valence-electron chi connectivity index (χ0n) is 18.8. The van der Waals surface area contributed by atoms with Crippen molar-refractivity contribution in [1.82, 2.24) is 25.0 Å². The molecular formula is C18H31N6O7PS. The van der Waals surface area contributed by atoms with E-state index in [1.54, 1.807) is 0 Å². The Bertz CT molecular complexity index is 971. The molecule has 0 spiro atoms. The fourth-order valence-corrected chi connectivity index (χ4v) is 4.71. The van der Waals surface area contributed by atoms with Gasteiger partial charge < -0.3 is 29.6 Å². The molecule has 0 amide bonds. The van der Waals surface area contributed by atoms with Crippen LogP contribution in [0.5, 0.6) is 0 Å². The summed E-state index contributed by atoms with van der Waals surface area (Å²) in [6.07, 6.45) is -2.00. The van der Waals surface area contributed by atoms with Crippen molar-refractivity contribution in [3.63, 3.8) is 0 Å². The average Bonchev–Trinajstić information content (AvgIpc) is 3.31. The second-order valence-corrected chi connectivity index (χ2v) is 9.90. The number of unbranched alkanes of at least 4 members (excludes halogenated alkanes) is 2. The molecule has 1 aliphatic rings. The van der Waals surface area contributed by atoms with Crippen LogP contribution in [0.3, 0.4) is 0 Å². The van der Waals surface area contributed by atoms with E-state index in [2.05, 4.69) is 31.7 Å². The minimum atomic E-state index is -4.77. The molecule has 13 nitrogen and oxygen atoms in total. The number of phosphoric acid groups is 1. The second-order valence-electron chi connectivity index (χ2n) is 7.60. The van der Waals surface area contributed by atoms with Crippen molar-refractivity contribution in [2.45, 2.75) is 69.7 Å². The molecule has 0 unspecified atom stereocenters. The summed E-state index contributed by atoms with van der Waals surface area (Å²) in [6.45, 7) is 6.92. The average molecular weight is 507 g/mol. The summed E-state index contributed by atoms with van der Waals surface area (Å²) in [5.74, 6) is 1.46. The third-order valence-corrected chi connectivity index (χ3v) is 6.73. The summed E-state index contributed by atoms with van der Waals surface area (Å²) in [7, 11) is -4.77. The quantitative estimate of drug-likeness (QED) is 0.139. The Hall–Kier alpha value is -1.38. The molecule has 0 aromatic carbocycles. The molecule has 0 aliphatic carbocycles. The Kier molecular flexibility index (Phi) is 9.03. The third kappa shape index (κ3) is 6.20. The molecule has 4 N–H and O–H groups in total. The Morgan fingerprint density at radius 1 is 1.15 bits per heavy atom. The predicted octanol–water partition coefficient (Wildman–Crippen LogP) is 1.08. The van der Waals surface area contributed by atoms with E-state index in [-0.39, 0.29) is 0 Å². The number of fused-ring (bicyclic) bond motifs is 1. The topological polar surface area (TPSA) is 176 Å². The van der Waals surface area contributed by atoms with Crippen molar-refractivity contribution in [2.24, 2.45) is 0 Å². The van der Waals surface area contributed by atoms with E-state index >= 15 is 0 Å². The molecule has 0 saturated carbocycles. The van der Waals surface area contributed by atoms with Gasteiger partial charge in [-0.3, -0.25) is 4.52 Å². The van der Waals surface area contributed by atoms with Gasteiger partial charge >= 0.3 is 7.82 Å². The molecule has 2 aromatic heterocycles. The van der Waals surface area contributed by atoms with Gasteiger partial charge in [-0.25, -0.2) is 14.5 Å². The van der Waals surface area contributed by atoms with Crippen LogP contribution in [0.2, 0.25) is 0 Å². The van der Waals surface area contributed by atoms with Crippen LogP contribution in [0.25, 0.3) is 11.2 Å². The lowest BCUT2D eigenvalue weighted by Crippen LogP contribution is -2.33. The van der Waals surface area contributed by atoms with Crippen molar-refractivity contribution in [1.29, 1.82) is 0 Å². The molecule has 0 bridgehead atoms. The molecule has 4 atom stereocenters. The van der Waals surface area contributed by atoms with E-state index in [9.17, 15) is 14.8 Å². The number of anilines is 1. The van der Waals surface area contributed by atoms with Crippen molar-refractivity contribution < 1.29 is 33.8 Å². The van der Waals surface area contributed by atoms with Gasteiger partial charge in [0, 0.05) is 18.8 Å². The maximum Gasteiger partial charge on any atom is 0.469 e. The van der Waals surface area contributed by atoms with E-state index in [0.29, 0.717) is 35.2 Å². The minimum absolute atomic E-state index is 0.331. The molecular weight excluding hydrogens is 475 g/mol. The highest BCUT2D eigenvalue weighted by molar-refractivity contribution is 7.99. The van der Waals surface area contributed by atoms with Gasteiger partial charge in [0.05, 0.1) is 6.61 Å². The summed E-state index contributed by atoms with van der Waals surface area (Å²) in [6, 6.07) is 0. The van der Waals surface area contributed by atoms with Crippen LogP contribution in [0.15, 0.2) is 5.16 Å². The van der Waals surface area contributed by atoms with Gasteiger partial charge in [-0.2, -0.15) is 4.68 Å². The molecule has 2 aromatic rings. The van der Waals surface area contributed by atoms with Gasteiger partial charge in [0.1, 0.15) is 18.3 Å². The van der Waals surface area contributed by atoms with Crippen molar-refractivity contribution >= 4 is 36.6 Å². The number of ether oxygens (including phenoxy) is 1. The van der Waals surface area contributed by atoms with Gasteiger partial charge in [-0.05, 0) is 20.3 Å². The highest BCUT2D eigenvalue weighted by Gasteiger charge is 2.46. The third-order valence-electron chi connectivity index (χ3n) is 5.31. The number of thioether (sulfide) groups is 1. The van der Waals surface area contributed by atoms with Crippen molar-refractivity contribution in [3.8, 4) is 0 Å². The fourth-order valence-electron chi connectivity index (χ4n) is 3.53. The van der Waals surface area contributed by atoms with Crippen LogP contribution in [0.4, 0.5) is 5.82 Å². The maximum atomic E-state index is 11.0.